The van der Waals surface area contributed by atoms with E-state index in [1.165, 1.54) is 25.0 Å². The molecule has 1 aliphatic carbocycles. The third-order valence-electron chi connectivity index (χ3n) is 5.59. The van der Waals surface area contributed by atoms with Gasteiger partial charge < -0.3 is 24.6 Å². The highest BCUT2D eigenvalue weighted by molar-refractivity contribution is 5.94. The minimum absolute atomic E-state index is 0.0803. The van der Waals surface area contributed by atoms with Gasteiger partial charge in [0.2, 0.25) is 5.75 Å². The molecule has 34 heavy (non-hydrogen) atoms. The number of aliphatic hydroxyl groups is 1. The van der Waals surface area contributed by atoms with Gasteiger partial charge in [0.25, 0.3) is 5.91 Å². The fraction of sp³-hybridized carbons (Fsp3) is 0.333. The number of benzene rings is 2. The SMILES string of the molecule is COc1cccc(OC)c1OCC(O)CNC(=O)c1nn(-c2ccc(F)c(F)c2)c2c1CCC2. The maximum atomic E-state index is 13.7. The second-order valence-electron chi connectivity index (χ2n) is 7.80. The fourth-order valence-electron chi connectivity index (χ4n) is 3.94. The van der Waals surface area contributed by atoms with Crippen molar-refractivity contribution in [1.82, 2.24) is 15.1 Å². The monoisotopic (exact) mass is 473 g/mol. The van der Waals surface area contributed by atoms with E-state index in [2.05, 4.69) is 10.4 Å². The lowest BCUT2D eigenvalue weighted by atomic mass is 10.2. The van der Waals surface area contributed by atoms with Crippen LogP contribution >= 0.6 is 0 Å². The average molecular weight is 473 g/mol. The minimum Gasteiger partial charge on any atom is -0.493 e. The van der Waals surface area contributed by atoms with Crippen molar-refractivity contribution in [2.45, 2.75) is 25.4 Å². The standard InChI is InChI=1S/C24H25F2N3O5/c1-32-20-7-4-8-21(33-2)23(20)34-13-15(30)12-27-24(31)22-16-5-3-6-19(16)29(28-22)14-9-10-17(25)18(26)11-14/h4,7-11,15,30H,3,5-6,12-13H2,1-2H3,(H,27,31). The zero-order valence-electron chi connectivity index (χ0n) is 18.8. The highest BCUT2D eigenvalue weighted by Crippen LogP contribution is 2.36. The molecular weight excluding hydrogens is 448 g/mol. The number of para-hydroxylation sites is 1. The van der Waals surface area contributed by atoms with E-state index >= 15 is 0 Å². The van der Waals surface area contributed by atoms with E-state index in [9.17, 15) is 18.7 Å². The predicted molar refractivity (Wildman–Crippen MR) is 119 cm³/mol. The number of hydrogen-bond acceptors (Lipinski definition) is 6. The molecule has 0 bridgehead atoms. The lowest BCUT2D eigenvalue weighted by Crippen LogP contribution is -2.36. The molecule has 2 aromatic carbocycles. The van der Waals surface area contributed by atoms with Gasteiger partial charge in [0.05, 0.1) is 19.9 Å². The van der Waals surface area contributed by atoms with Crippen molar-refractivity contribution in [3.05, 3.63) is 65.0 Å². The van der Waals surface area contributed by atoms with Gasteiger partial charge in [-0.1, -0.05) is 6.07 Å². The first-order chi connectivity index (χ1) is 16.4. The molecule has 10 heteroatoms. The topological polar surface area (TPSA) is 94.8 Å². The number of aliphatic hydroxyl groups excluding tert-OH is 1. The normalized spacial score (nSPS) is 13.3. The van der Waals surface area contributed by atoms with Crippen LogP contribution in [0.1, 0.15) is 28.2 Å². The van der Waals surface area contributed by atoms with Crippen molar-refractivity contribution in [3.8, 4) is 22.9 Å². The summed E-state index contributed by atoms with van der Waals surface area (Å²) in [6.45, 7) is -0.193. The first-order valence-electron chi connectivity index (χ1n) is 10.8. The summed E-state index contributed by atoms with van der Waals surface area (Å²) in [4.78, 5) is 12.8. The van der Waals surface area contributed by atoms with Gasteiger partial charge in [0.1, 0.15) is 12.7 Å². The van der Waals surface area contributed by atoms with Crippen molar-refractivity contribution in [2.24, 2.45) is 0 Å². The van der Waals surface area contributed by atoms with Crippen LogP contribution in [0.25, 0.3) is 5.69 Å². The summed E-state index contributed by atoms with van der Waals surface area (Å²) in [6, 6.07) is 8.65. The quantitative estimate of drug-likeness (QED) is 0.496. The van der Waals surface area contributed by atoms with Crippen molar-refractivity contribution in [1.29, 1.82) is 0 Å². The van der Waals surface area contributed by atoms with Gasteiger partial charge in [-0.3, -0.25) is 4.79 Å². The number of fused-ring (bicyclic) bond motifs is 1. The van der Waals surface area contributed by atoms with E-state index in [1.807, 2.05) is 0 Å². The summed E-state index contributed by atoms with van der Waals surface area (Å²) in [5, 5.41) is 17.4. The number of rotatable bonds is 9. The Kier molecular flexibility index (Phi) is 6.97. The summed E-state index contributed by atoms with van der Waals surface area (Å²) in [7, 11) is 2.99. The second kappa shape index (κ2) is 10.1. The predicted octanol–water partition coefficient (Wildman–Crippen LogP) is 2.83. The number of carbonyl (C=O) groups excluding carboxylic acids is 1. The van der Waals surface area contributed by atoms with Crippen LogP contribution in [-0.2, 0) is 12.8 Å². The molecule has 0 spiro atoms. The molecule has 8 nitrogen and oxygen atoms in total. The molecule has 1 aromatic heterocycles. The van der Waals surface area contributed by atoms with E-state index in [0.29, 0.717) is 35.8 Å². The zero-order valence-corrected chi connectivity index (χ0v) is 18.8. The van der Waals surface area contributed by atoms with Gasteiger partial charge in [0, 0.05) is 23.9 Å². The van der Waals surface area contributed by atoms with Crippen molar-refractivity contribution in [2.75, 3.05) is 27.4 Å². The smallest absolute Gasteiger partial charge is 0.272 e. The van der Waals surface area contributed by atoms with Crippen molar-refractivity contribution in [3.63, 3.8) is 0 Å². The molecule has 3 aromatic rings. The Morgan fingerprint density at radius 2 is 1.88 bits per heavy atom. The fourth-order valence-corrected chi connectivity index (χ4v) is 3.94. The number of nitrogens with zero attached hydrogens (tertiary/aromatic N) is 2. The molecule has 0 saturated carbocycles. The van der Waals surface area contributed by atoms with Crippen LogP contribution in [-0.4, -0.2) is 54.3 Å². The Morgan fingerprint density at radius 3 is 2.56 bits per heavy atom. The van der Waals surface area contributed by atoms with Crippen LogP contribution in [0, 0.1) is 11.6 Å². The molecule has 1 unspecified atom stereocenters. The number of halogens is 2. The Hall–Kier alpha value is -3.66. The Balaban J connectivity index is 1.42. The summed E-state index contributed by atoms with van der Waals surface area (Å²) < 4.78 is 44.7. The molecule has 0 radical (unpaired) electrons. The molecule has 1 amide bonds. The van der Waals surface area contributed by atoms with Crippen LogP contribution in [0.4, 0.5) is 8.78 Å². The minimum atomic E-state index is -1.01. The third kappa shape index (κ3) is 4.67. The molecule has 1 heterocycles. The Labute approximate surface area is 195 Å². The van der Waals surface area contributed by atoms with E-state index in [-0.39, 0.29) is 18.8 Å². The molecule has 0 fully saturated rings. The maximum Gasteiger partial charge on any atom is 0.272 e. The number of aromatic nitrogens is 2. The summed E-state index contributed by atoms with van der Waals surface area (Å²) in [6.07, 6.45) is 1.14. The van der Waals surface area contributed by atoms with E-state index < -0.39 is 23.6 Å². The summed E-state index contributed by atoms with van der Waals surface area (Å²) in [5.74, 6) is -1.15. The molecule has 0 aliphatic heterocycles. The van der Waals surface area contributed by atoms with Gasteiger partial charge in [-0.05, 0) is 43.5 Å². The molecule has 0 saturated heterocycles. The number of hydrogen-bond donors (Lipinski definition) is 2. The molecule has 2 N–H and O–H groups in total. The van der Waals surface area contributed by atoms with Crippen LogP contribution in [0.5, 0.6) is 17.2 Å². The van der Waals surface area contributed by atoms with E-state index in [1.54, 1.807) is 18.2 Å². The third-order valence-corrected chi connectivity index (χ3v) is 5.59. The van der Waals surface area contributed by atoms with Crippen molar-refractivity contribution < 1.29 is 32.9 Å². The number of methoxy groups -OCH3 is 2. The zero-order chi connectivity index (χ0) is 24.2. The number of amides is 1. The first kappa shape index (κ1) is 23.5. The van der Waals surface area contributed by atoms with E-state index in [4.69, 9.17) is 14.2 Å². The van der Waals surface area contributed by atoms with Gasteiger partial charge in [-0.2, -0.15) is 5.10 Å². The molecule has 180 valence electrons. The van der Waals surface area contributed by atoms with Crippen LogP contribution in [0.2, 0.25) is 0 Å². The van der Waals surface area contributed by atoms with Crippen molar-refractivity contribution >= 4 is 5.91 Å². The largest absolute Gasteiger partial charge is 0.493 e. The number of ether oxygens (including phenoxy) is 3. The molecular formula is C24H25F2N3O5. The summed E-state index contributed by atoms with van der Waals surface area (Å²) >= 11 is 0. The highest BCUT2D eigenvalue weighted by Gasteiger charge is 2.27. The summed E-state index contributed by atoms with van der Waals surface area (Å²) in [5.41, 5.74) is 2.11. The maximum absolute atomic E-state index is 13.7. The molecule has 4 rings (SSSR count). The van der Waals surface area contributed by atoms with Gasteiger partial charge >= 0.3 is 0 Å². The Bertz CT molecular complexity index is 1180. The number of nitrogens with one attached hydrogen (secondary N) is 1. The molecule has 1 aliphatic rings. The van der Waals surface area contributed by atoms with Crippen LogP contribution in [0.15, 0.2) is 36.4 Å². The van der Waals surface area contributed by atoms with Crippen LogP contribution in [0.3, 0.4) is 0 Å². The molecule has 1 atom stereocenters. The van der Waals surface area contributed by atoms with Gasteiger partial charge in [0.15, 0.2) is 28.8 Å². The second-order valence-corrected chi connectivity index (χ2v) is 7.80. The Morgan fingerprint density at radius 1 is 1.15 bits per heavy atom. The van der Waals surface area contributed by atoms with E-state index in [0.717, 1.165) is 29.8 Å². The number of carbonyl (C=O) groups is 1. The van der Waals surface area contributed by atoms with Gasteiger partial charge in [-0.15, -0.1) is 0 Å². The highest BCUT2D eigenvalue weighted by atomic mass is 19.2. The first-order valence-corrected chi connectivity index (χ1v) is 10.8. The lowest BCUT2D eigenvalue weighted by Gasteiger charge is -2.17. The van der Waals surface area contributed by atoms with Gasteiger partial charge in [-0.25, -0.2) is 13.5 Å². The average Bonchev–Trinajstić information content (AvgIpc) is 3.45. The van der Waals surface area contributed by atoms with Crippen LogP contribution < -0.4 is 19.5 Å². The lowest BCUT2D eigenvalue weighted by molar-refractivity contribution is 0.0829.